The van der Waals surface area contributed by atoms with Crippen LogP contribution in [0, 0.1) is 13.8 Å². The molecule has 0 fully saturated rings. The van der Waals surface area contributed by atoms with Crippen LogP contribution in [-0.2, 0) is 14.3 Å². The third-order valence-electron chi connectivity index (χ3n) is 3.89. The number of methoxy groups -OCH3 is 1. The molecule has 2 aromatic rings. The Bertz CT molecular complexity index is 715. The smallest absolute Gasteiger partial charge is 0.338 e. The van der Waals surface area contributed by atoms with E-state index in [1.54, 1.807) is 26.2 Å². The number of esters is 1. The number of amides is 1. The number of carbonyl (C=O) groups is 2. The van der Waals surface area contributed by atoms with Crippen LogP contribution >= 0.6 is 0 Å². The topological polar surface area (TPSA) is 69.6 Å². The number of aryl methyl sites for hydroxylation is 2. The van der Waals surface area contributed by atoms with E-state index in [0.29, 0.717) is 18.7 Å². The Morgan fingerprint density at radius 2 is 1.68 bits per heavy atom. The maximum absolute atomic E-state index is 12.2. The van der Waals surface area contributed by atoms with E-state index in [1.807, 2.05) is 38.1 Å². The van der Waals surface area contributed by atoms with Crippen LogP contribution in [0.4, 0.5) is 0 Å². The third kappa shape index (κ3) is 4.70. The summed E-state index contributed by atoms with van der Waals surface area (Å²) in [5, 5.41) is 2.64. The number of nitrogens with one attached hydrogen (secondary N) is 1. The first-order valence-electron chi connectivity index (χ1n) is 8.17. The van der Waals surface area contributed by atoms with E-state index in [2.05, 4.69) is 9.88 Å². The zero-order chi connectivity index (χ0) is 18.4. The van der Waals surface area contributed by atoms with E-state index in [0.717, 1.165) is 17.1 Å². The van der Waals surface area contributed by atoms with Gasteiger partial charge in [-0.2, -0.15) is 0 Å². The first-order chi connectivity index (χ1) is 11.9. The standard InChI is InChI=1S/C19H24N2O4/c1-13-5-6-14(2)21(13)17-9-7-16(8-10-17)19(23)25-15(3)18(22)20-11-12-24-4/h5-10,15H,11-12H2,1-4H3,(H,20,22)/t15-/m1/s1. The number of aromatic nitrogens is 1. The molecule has 0 unspecified atom stereocenters. The number of benzene rings is 1. The van der Waals surface area contributed by atoms with Gasteiger partial charge < -0.3 is 19.4 Å². The molecule has 0 aliphatic heterocycles. The first-order valence-corrected chi connectivity index (χ1v) is 8.17. The van der Waals surface area contributed by atoms with Gasteiger partial charge in [-0.25, -0.2) is 4.79 Å². The minimum atomic E-state index is -0.863. The lowest BCUT2D eigenvalue weighted by Gasteiger charge is -2.14. The lowest BCUT2D eigenvalue weighted by molar-refractivity contribution is -0.129. The predicted molar refractivity (Wildman–Crippen MR) is 95.0 cm³/mol. The fourth-order valence-corrected chi connectivity index (χ4v) is 2.52. The maximum Gasteiger partial charge on any atom is 0.338 e. The van der Waals surface area contributed by atoms with E-state index >= 15 is 0 Å². The molecule has 0 saturated heterocycles. The van der Waals surface area contributed by atoms with Crippen LogP contribution in [0.5, 0.6) is 0 Å². The summed E-state index contributed by atoms with van der Waals surface area (Å²) in [5.74, 6) is -0.873. The summed E-state index contributed by atoms with van der Waals surface area (Å²) < 4.78 is 12.2. The minimum absolute atomic E-state index is 0.347. The summed E-state index contributed by atoms with van der Waals surface area (Å²) in [5.41, 5.74) is 3.62. The molecule has 0 radical (unpaired) electrons. The van der Waals surface area contributed by atoms with Gasteiger partial charge >= 0.3 is 5.97 Å². The fraction of sp³-hybridized carbons (Fsp3) is 0.368. The Kier molecular flexibility index (Phi) is 6.36. The summed E-state index contributed by atoms with van der Waals surface area (Å²) in [4.78, 5) is 24.0. The molecule has 25 heavy (non-hydrogen) atoms. The maximum atomic E-state index is 12.2. The van der Waals surface area contributed by atoms with Crippen LogP contribution in [0.1, 0.15) is 28.7 Å². The predicted octanol–water partition coefficient (Wildman–Crippen LogP) is 2.40. The molecule has 0 aliphatic carbocycles. The molecule has 0 bridgehead atoms. The second kappa shape index (κ2) is 8.48. The van der Waals surface area contributed by atoms with Gasteiger partial charge in [0.25, 0.3) is 5.91 Å². The highest BCUT2D eigenvalue weighted by molar-refractivity contribution is 5.92. The van der Waals surface area contributed by atoms with Crippen molar-refractivity contribution in [3.8, 4) is 5.69 Å². The number of hydrogen-bond acceptors (Lipinski definition) is 4. The Morgan fingerprint density at radius 1 is 1.08 bits per heavy atom. The second-order valence-corrected chi connectivity index (χ2v) is 5.83. The highest BCUT2D eigenvalue weighted by Crippen LogP contribution is 2.17. The molecule has 1 aromatic heterocycles. The molecule has 1 aromatic carbocycles. The summed E-state index contributed by atoms with van der Waals surface area (Å²) in [6.07, 6.45) is -0.863. The van der Waals surface area contributed by atoms with Crippen LogP contribution in [-0.4, -0.2) is 42.8 Å². The van der Waals surface area contributed by atoms with Crippen LogP contribution in [0.15, 0.2) is 36.4 Å². The van der Waals surface area contributed by atoms with Crippen molar-refractivity contribution in [1.29, 1.82) is 0 Å². The van der Waals surface area contributed by atoms with Crippen molar-refractivity contribution in [3.63, 3.8) is 0 Å². The first kappa shape index (κ1) is 18.7. The molecule has 6 heteroatoms. The Hall–Kier alpha value is -2.60. The van der Waals surface area contributed by atoms with Crippen molar-refractivity contribution in [2.75, 3.05) is 20.3 Å². The van der Waals surface area contributed by atoms with Gasteiger partial charge in [0.2, 0.25) is 0 Å². The molecular formula is C19H24N2O4. The van der Waals surface area contributed by atoms with Gasteiger partial charge in [0.15, 0.2) is 6.10 Å². The summed E-state index contributed by atoms with van der Waals surface area (Å²) >= 11 is 0. The Morgan fingerprint density at radius 3 is 2.24 bits per heavy atom. The zero-order valence-electron chi connectivity index (χ0n) is 15.0. The van der Waals surface area contributed by atoms with Crippen molar-refractivity contribution in [2.45, 2.75) is 26.9 Å². The highest BCUT2D eigenvalue weighted by Gasteiger charge is 2.18. The van der Waals surface area contributed by atoms with Gasteiger partial charge in [-0.3, -0.25) is 4.79 Å². The van der Waals surface area contributed by atoms with Crippen molar-refractivity contribution in [2.24, 2.45) is 0 Å². The van der Waals surface area contributed by atoms with Crippen molar-refractivity contribution >= 4 is 11.9 Å². The number of carbonyl (C=O) groups excluding carboxylic acids is 2. The van der Waals surface area contributed by atoms with E-state index < -0.39 is 12.1 Å². The van der Waals surface area contributed by atoms with Crippen molar-refractivity contribution < 1.29 is 19.1 Å². The summed E-state index contributed by atoms with van der Waals surface area (Å²) in [6.45, 7) is 6.38. The molecule has 2 rings (SSSR count). The number of nitrogens with zero attached hydrogens (tertiary/aromatic N) is 1. The minimum Gasteiger partial charge on any atom is -0.449 e. The van der Waals surface area contributed by atoms with Crippen LogP contribution in [0.3, 0.4) is 0 Å². The molecule has 1 N–H and O–H groups in total. The van der Waals surface area contributed by atoms with Crippen LogP contribution < -0.4 is 5.32 Å². The monoisotopic (exact) mass is 344 g/mol. The largest absolute Gasteiger partial charge is 0.449 e. The van der Waals surface area contributed by atoms with Gasteiger partial charge in [-0.15, -0.1) is 0 Å². The number of rotatable bonds is 7. The van der Waals surface area contributed by atoms with Crippen molar-refractivity contribution in [1.82, 2.24) is 9.88 Å². The van der Waals surface area contributed by atoms with E-state index in [-0.39, 0.29) is 5.91 Å². The fourth-order valence-electron chi connectivity index (χ4n) is 2.52. The van der Waals surface area contributed by atoms with Crippen LogP contribution in [0.2, 0.25) is 0 Å². The van der Waals surface area contributed by atoms with E-state index in [9.17, 15) is 9.59 Å². The average molecular weight is 344 g/mol. The molecule has 134 valence electrons. The highest BCUT2D eigenvalue weighted by atomic mass is 16.5. The Labute approximate surface area is 147 Å². The van der Waals surface area contributed by atoms with Gasteiger partial charge in [0, 0.05) is 30.7 Å². The number of ether oxygens (including phenoxy) is 2. The second-order valence-electron chi connectivity index (χ2n) is 5.83. The molecule has 0 saturated carbocycles. The molecule has 0 spiro atoms. The normalized spacial score (nSPS) is 11.8. The summed E-state index contributed by atoms with van der Waals surface area (Å²) in [6, 6.07) is 11.2. The SMILES string of the molecule is COCCNC(=O)[C@@H](C)OC(=O)c1ccc(-n2c(C)ccc2C)cc1. The third-order valence-corrected chi connectivity index (χ3v) is 3.89. The van der Waals surface area contributed by atoms with Gasteiger partial charge in [-0.05, 0) is 57.2 Å². The molecule has 0 aliphatic rings. The molecule has 6 nitrogen and oxygen atoms in total. The van der Waals surface area contributed by atoms with E-state index in [1.165, 1.54) is 0 Å². The number of hydrogen-bond donors (Lipinski definition) is 1. The van der Waals surface area contributed by atoms with Gasteiger partial charge in [-0.1, -0.05) is 0 Å². The van der Waals surface area contributed by atoms with Gasteiger partial charge in [0.05, 0.1) is 12.2 Å². The summed E-state index contributed by atoms with van der Waals surface area (Å²) in [7, 11) is 1.55. The quantitative estimate of drug-likeness (QED) is 0.618. The average Bonchev–Trinajstić information content (AvgIpc) is 2.93. The lowest BCUT2D eigenvalue weighted by atomic mass is 10.2. The molecule has 1 atom stereocenters. The Balaban J connectivity index is 2.00. The zero-order valence-corrected chi connectivity index (χ0v) is 15.0. The van der Waals surface area contributed by atoms with Crippen molar-refractivity contribution in [3.05, 3.63) is 53.3 Å². The van der Waals surface area contributed by atoms with Crippen LogP contribution in [0.25, 0.3) is 5.69 Å². The molecular weight excluding hydrogens is 320 g/mol. The lowest BCUT2D eigenvalue weighted by Crippen LogP contribution is -2.37. The van der Waals surface area contributed by atoms with Gasteiger partial charge in [0.1, 0.15) is 0 Å². The molecule has 1 heterocycles. The van der Waals surface area contributed by atoms with E-state index in [4.69, 9.17) is 9.47 Å². The molecule has 1 amide bonds.